The first kappa shape index (κ1) is 27.9. The van der Waals surface area contributed by atoms with Crippen LogP contribution < -0.4 is 21.7 Å². The lowest BCUT2D eigenvalue weighted by Gasteiger charge is -2.26. The van der Waals surface area contributed by atoms with Crippen molar-refractivity contribution < 1.29 is 39.3 Å². The molecule has 0 aliphatic heterocycles. The molecule has 0 radical (unpaired) electrons. The third kappa shape index (κ3) is 9.46. The van der Waals surface area contributed by atoms with Gasteiger partial charge in [0.1, 0.15) is 18.1 Å². The average molecular weight is 489 g/mol. The topological polar surface area (TPSA) is 237 Å². The predicted octanol–water partition coefficient (Wildman–Crippen LogP) is -3.01. The van der Waals surface area contributed by atoms with Gasteiger partial charge in [-0.15, -0.1) is 0 Å². The number of thiol groups is 1. The molecule has 15 heteroatoms. The molecular weight excluding hydrogens is 460 g/mol. The molecule has 0 saturated carbocycles. The van der Waals surface area contributed by atoms with Gasteiger partial charge in [-0.05, 0) is 13.3 Å². The molecule has 0 bridgehead atoms. The van der Waals surface area contributed by atoms with Crippen LogP contribution in [0.4, 0.5) is 0 Å². The molecule has 14 nitrogen and oxygen atoms in total. The van der Waals surface area contributed by atoms with Gasteiger partial charge in [0.05, 0.1) is 18.5 Å². The highest BCUT2D eigenvalue weighted by molar-refractivity contribution is 7.80. The Hall–Kier alpha value is -3.17. The fraction of sp³-hybridized carbons (Fsp3) is 0.556. The summed E-state index contributed by atoms with van der Waals surface area (Å²) in [4.78, 5) is 66.4. The number of amides is 3. The molecule has 3 amide bonds. The van der Waals surface area contributed by atoms with Crippen LogP contribution >= 0.6 is 12.6 Å². The van der Waals surface area contributed by atoms with E-state index in [0.29, 0.717) is 5.69 Å². The van der Waals surface area contributed by atoms with Crippen LogP contribution in [0, 0.1) is 0 Å². The molecule has 33 heavy (non-hydrogen) atoms. The highest BCUT2D eigenvalue weighted by atomic mass is 32.1. The zero-order valence-corrected chi connectivity index (χ0v) is 18.6. The third-order valence-electron chi connectivity index (χ3n) is 4.47. The van der Waals surface area contributed by atoms with Crippen LogP contribution in [0.5, 0.6) is 0 Å². The molecule has 1 aromatic rings. The van der Waals surface area contributed by atoms with Crippen LogP contribution in [0.25, 0.3) is 0 Å². The molecule has 1 heterocycles. The van der Waals surface area contributed by atoms with Gasteiger partial charge in [0, 0.05) is 30.5 Å². The predicted molar refractivity (Wildman–Crippen MR) is 116 cm³/mol. The summed E-state index contributed by atoms with van der Waals surface area (Å²) in [5.41, 5.74) is 5.96. The molecular formula is C18H28N6O8S. The van der Waals surface area contributed by atoms with Crippen LogP contribution in [-0.2, 0) is 30.4 Å². The smallest absolute Gasteiger partial charge is 0.326 e. The molecule has 184 valence electrons. The highest BCUT2D eigenvalue weighted by Crippen LogP contribution is 2.05. The van der Waals surface area contributed by atoms with Crippen LogP contribution in [0.2, 0.25) is 0 Å². The van der Waals surface area contributed by atoms with Gasteiger partial charge in [0.15, 0.2) is 0 Å². The largest absolute Gasteiger partial charge is 0.481 e. The minimum absolute atomic E-state index is 0.0312. The Morgan fingerprint density at radius 2 is 1.73 bits per heavy atom. The summed E-state index contributed by atoms with van der Waals surface area (Å²) in [5, 5.41) is 35.0. The van der Waals surface area contributed by atoms with E-state index in [2.05, 4.69) is 38.5 Å². The van der Waals surface area contributed by atoms with Crippen molar-refractivity contribution in [1.29, 1.82) is 0 Å². The molecule has 0 saturated heterocycles. The fourth-order valence-corrected chi connectivity index (χ4v) is 2.80. The Balaban J connectivity index is 2.97. The molecule has 0 aliphatic carbocycles. The Morgan fingerprint density at radius 1 is 1.09 bits per heavy atom. The molecule has 0 fully saturated rings. The van der Waals surface area contributed by atoms with Crippen molar-refractivity contribution in [2.75, 3.05) is 5.75 Å². The molecule has 1 aromatic heterocycles. The van der Waals surface area contributed by atoms with E-state index in [1.807, 2.05) is 0 Å². The van der Waals surface area contributed by atoms with Gasteiger partial charge in [-0.3, -0.25) is 19.2 Å². The van der Waals surface area contributed by atoms with Gasteiger partial charge >= 0.3 is 11.9 Å². The number of aliphatic hydroxyl groups is 1. The summed E-state index contributed by atoms with van der Waals surface area (Å²) in [5.74, 6) is -5.38. The fourth-order valence-electron chi connectivity index (χ4n) is 2.64. The second kappa shape index (κ2) is 13.4. The van der Waals surface area contributed by atoms with Crippen LogP contribution in [0.1, 0.15) is 25.5 Å². The first-order valence-electron chi connectivity index (χ1n) is 9.83. The molecule has 1 rings (SSSR count). The number of carbonyl (C=O) groups excluding carboxylic acids is 3. The van der Waals surface area contributed by atoms with Gasteiger partial charge in [-0.1, -0.05) is 0 Å². The van der Waals surface area contributed by atoms with E-state index in [1.54, 1.807) is 0 Å². The van der Waals surface area contributed by atoms with Crippen molar-refractivity contribution in [3.63, 3.8) is 0 Å². The number of hydrogen-bond donors (Lipinski definition) is 9. The van der Waals surface area contributed by atoms with E-state index in [1.165, 1.54) is 19.4 Å². The number of nitrogens with one attached hydrogen (secondary N) is 4. The Kier molecular flexibility index (Phi) is 11.3. The maximum Gasteiger partial charge on any atom is 0.326 e. The van der Waals surface area contributed by atoms with Gasteiger partial charge in [-0.25, -0.2) is 9.78 Å². The quantitative estimate of drug-likeness (QED) is 0.120. The van der Waals surface area contributed by atoms with Crippen molar-refractivity contribution >= 4 is 42.3 Å². The van der Waals surface area contributed by atoms with Crippen LogP contribution in [0.15, 0.2) is 12.5 Å². The molecule has 0 spiro atoms. The number of rotatable bonds is 14. The molecule has 0 aromatic carbocycles. The Labute approximate surface area is 194 Å². The lowest BCUT2D eigenvalue weighted by Crippen LogP contribution is -2.60. The van der Waals surface area contributed by atoms with Crippen molar-refractivity contribution in [3.8, 4) is 0 Å². The maximum atomic E-state index is 12.7. The number of aliphatic hydroxyl groups excluding tert-OH is 1. The minimum atomic E-state index is -1.51. The summed E-state index contributed by atoms with van der Waals surface area (Å²) >= 11 is 3.88. The Morgan fingerprint density at radius 3 is 2.21 bits per heavy atom. The van der Waals surface area contributed by atoms with Gasteiger partial charge in [0.25, 0.3) is 0 Å². The van der Waals surface area contributed by atoms with E-state index in [4.69, 9.17) is 10.8 Å². The third-order valence-corrected chi connectivity index (χ3v) is 4.86. The number of carboxylic acid groups (broad SMARTS) is 2. The van der Waals surface area contributed by atoms with E-state index in [-0.39, 0.29) is 18.6 Å². The van der Waals surface area contributed by atoms with Crippen molar-refractivity contribution in [2.45, 2.75) is 56.5 Å². The first-order valence-corrected chi connectivity index (χ1v) is 10.5. The number of nitrogens with two attached hydrogens (primary N) is 1. The molecule has 0 aliphatic rings. The van der Waals surface area contributed by atoms with Crippen molar-refractivity contribution in [3.05, 3.63) is 18.2 Å². The molecule has 5 atom stereocenters. The van der Waals surface area contributed by atoms with Crippen LogP contribution in [0.3, 0.4) is 0 Å². The number of nitrogens with zero attached hydrogens (tertiary/aromatic N) is 1. The number of aromatic amines is 1. The number of aromatic nitrogens is 2. The SMILES string of the molecule is CC(O)C(NC(=O)C(N)CS)C(=O)NC(CCC(=O)O)C(=O)NC(Cc1cnc[nH]1)C(=O)O. The lowest BCUT2D eigenvalue weighted by molar-refractivity contribution is -0.143. The lowest BCUT2D eigenvalue weighted by atomic mass is 10.1. The highest BCUT2D eigenvalue weighted by Gasteiger charge is 2.32. The van der Waals surface area contributed by atoms with E-state index in [9.17, 15) is 34.2 Å². The zero-order valence-electron chi connectivity index (χ0n) is 17.7. The van der Waals surface area contributed by atoms with Crippen LogP contribution in [-0.4, -0.2) is 91.0 Å². The van der Waals surface area contributed by atoms with Gasteiger partial charge < -0.3 is 42.0 Å². The second-order valence-electron chi connectivity index (χ2n) is 7.19. The number of carboxylic acids is 2. The summed E-state index contributed by atoms with van der Waals surface area (Å²) in [6.45, 7) is 1.22. The van der Waals surface area contributed by atoms with E-state index in [0.717, 1.165) is 0 Å². The number of hydrogen-bond acceptors (Lipinski definition) is 9. The minimum Gasteiger partial charge on any atom is -0.481 e. The number of H-pyrrole nitrogens is 1. The molecule has 5 unspecified atom stereocenters. The average Bonchev–Trinajstić information content (AvgIpc) is 3.25. The molecule has 9 N–H and O–H groups in total. The maximum absolute atomic E-state index is 12.7. The number of aliphatic carboxylic acids is 2. The second-order valence-corrected chi connectivity index (χ2v) is 7.56. The van der Waals surface area contributed by atoms with Crippen molar-refractivity contribution in [1.82, 2.24) is 25.9 Å². The zero-order chi connectivity index (χ0) is 25.1. The summed E-state index contributed by atoms with van der Waals surface area (Å²) in [6, 6.07) is -5.44. The number of carbonyl (C=O) groups is 5. The Bertz CT molecular complexity index is 834. The summed E-state index contributed by atoms with van der Waals surface area (Å²) in [7, 11) is 0. The summed E-state index contributed by atoms with van der Waals surface area (Å²) < 4.78 is 0. The van der Waals surface area contributed by atoms with E-state index < -0.39 is 66.4 Å². The monoisotopic (exact) mass is 488 g/mol. The first-order chi connectivity index (χ1) is 15.5. The van der Waals surface area contributed by atoms with Crippen molar-refractivity contribution in [2.24, 2.45) is 5.73 Å². The van der Waals surface area contributed by atoms with Gasteiger partial charge in [0.2, 0.25) is 17.7 Å². The standard InChI is InChI=1S/C18H28N6O8S/c1-8(25)14(24-15(28)10(19)6-33)17(30)22-11(2-3-13(26)27)16(29)23-12(18(31)32)4-9-5-20-7-21-9/h5,7-8,10-12,14,25,33H,2-4,6,19H2,1H3,(H,20,21)(H,22,30)(H,23,29)(H,24,28)(H,26,27)(H,31,32). The normalized spacial score (nSPS) is 15.4. The van der Waals surface area contributed by atoms with Gasteiger partial charge in [-0.2, -0.15) is 12.6 Å². The van der Waals surface area contributed by atoms with E-state index >= 15 is 0 Å². The summed E-state index contributed by atoms with van der Waals surface area (Å²) in [6.07, 6.45) is 0.269. The number of imidazole rings is 1.